The zero-order valence-electron chi connectivity index (χ0n) is 17.1. The Hall–Kier alpha value is -2.16. The second kappa shape index (κ2) is 8.30. The molecule has 0 atom stereocenters. The van der Waals surface area contributed by atoms with E-state index in [2.05, 4.69) is 15.6 Å². The fraction of sp³-hybridized carbons (Fsp3) is 0.350. The average molecular weight is 451 g/mol. The van der Waals surface area contributed by atoms with Crippen LogP contribution in [0.5, 0.6) is 5.75 Å². The van der Waals surface area contributed by atoms with Crippen molar-refractivity contribution in [1.82, 2.24) is 9.97 Å². The maximum absolute atomic E-state index is 12.3. The first kappa shape index (κ1) is 21.5. The number of aryl methyl sites for hydroxylation is 2. The van der Waals surface area contributed by atoms with Crippen molar-refractivity contribution in [2.75, 3.05) is 17.7 Å². The fourth-order valence-electron chi connectivity index (χ4n) is 2.51. The average Bonchev–Trinajstić information content (AvgIpc) is 3.16. The van der Waals surface area contributed by atoms with Gasteiger partial charge in [0.05, 0.1) is 29.1 Å². The predicted octanol–water partition coefficient (Wildman–Crippen LogP) is 6.27. The van der Waals surface area contributed by atoms with Gasteiger partial charge >= 0.3 is 0 Å². The lowest BCUT2D eigenvalue weighted by molar-refractivity contribution is -0.123. The minimum atomic E-state index is -0.483. The standard InChI is InChI=1S/C20H23ClN4O2S2/c1-10-16(29-18(22-10)25-17(26)20(3,4)5)15-11(2)28-19(24-15)23-13-9-12(21)7-8-14(13)27-6/h7-9H,1-6H3,(H,23,24)(H,22,25,26). The van der Waals surface area contributed by atoms with E-state index in [0.717, 1.165) is 32.0 Å². The van der Waals surface area contributed by atoms with Crippen LogP contribution in [0.1, 0.15) is 31.3 Å². The summed E-state index contributed by atoms with van der Waals surface area (Å²) < 4.78 is 5.39. The van der Waals surface area contributed by atoms with Crippen LogP contribution in [0.4, 0.5) is 16.0 Å². The minimum absolute atomic E-state index is 0.0665. The van der Waals surface area contributed by atoms with Crippen molar-refractivity contribution < 1.29 is 9.53 Å². The van der Waals surface area contributed by atoms with Gasteiger partial charge in [-0.3, -0.25) is 4.79 Å². The number of nitrogens with zero attached hydrogens (tertiary/aromatic N) is 2. The first-order valence-electron chi connectivity index (χ1n) is 8.95. The summed E-state index contributed by atoms with van der Waals surface area (Å²) in [5.41, 5.74) is 1.95. The van der Waals surface area contributed by atoms with E-state index in [4.69, 9.17) is 21.3 Å². The number of anilines is 3. The van der Waals surface area contributed by atoms with Crippen LogP contribution in [0.3, 0.4) is 0 Å². The quantitative estimate of drug-likeness (QED) is 0.478. The lowest BCUT2D eigenvalue weighted by atomic mass is 9.96. The lowest BCUT2D eigenvalue weighted by Crippen LogP contribution is -2.27. The summed E-state index contributed by atoms with van der Waals surface area (Å²) in [5, 5.41) is 8.10. The Morgan fingerprint density at radius 2 is 1.86 bits per heavy atom. The smallest absolute Gasteiger partial charge is 0.231 e. The number of methoxy groups -OCH3 is 1. The minimum Gasteiger partial charge on any atom is -0.495 e. The molecule has 0 saturated heterocycles. The van der Waals surface area contributed by atoms with Crippen molar-refractivity contribution in [3.8, 4) is 16.3 Å². The van der Waals surface area contributed by atoms with E-state index in [-0.39, 0.29) is 5.91 Å². The molecule has 0 aliphatic heterocycles. The summed E-state index contributed by atoms with van der Waals surface area (Å²) in [5.74, 6) is 0.619. The Bertz CT molecular complexity index is 1050. The molecule has 1 amide bonds. The molecule has 1 aromatic carbocycles. The van der Waals surface area contributed by atoms with Gasteiger partial charge < -0.3 is 15.4 Å². The van der Waals surface area contributed by atoms with Gasteiger partial charge in [-0.25, -0.2) is 9.97 Å². The van der Waals surface area contributed by atoms with Crippen LogP contribution in [0, 0.1) is 19.3 Å². The molecule has 0 radical (unpaired) electrons. The van der Waals surface area contributed by atoms with Gasteiger partial charge in [0.25, 0.3) is 0 Å². The van der Waals surface area contributed by atoms with Crippen molar-refractivity contribution in [3.05, 3.63) is 33.8 Å². The van der Waals surface area contributed by atoms with Crippen LogP contribution in [0.2, 0.25) is 5.02 Å². The second-order valence-corrected chi connectivity index (χ2v) is 10.2. The first-order valence-corrected chi connectivity index (χ1v) is 11.0. The van der Waals surface area contributed by atoms with Crippen LogP contribution in [-0.2, 0) is 4.79 Å². The summed E-state index contributed by atoms with van der Waals surface area (Å²) in [6.45, 7) is 9.55. The molecule has 2 aromatic heterocycles. The van der Waals surface area contributed by atoms with Crippen LogP contribution in [-0.4, -0.2) is 23.0 Å². The van der Waals surface area contributed by atoms with Crippen LogP contribution in [0.15, 0.2) is 18.2 Å². The third-order valence-corrected chi connectivity index (χ3v) is 6.31. The summed E-state index contributed by atoms with van der Waals surface area (Å²) in [7, 11) is 1.61. The number of amides is 1. The van der Waals surface area contributed by atoms with Gasteiger partial charge in [0, 0.05) is 15.3 Å². The number of aromatic nitrogens is 2. The maximum atomic E-state index is 12.3. The molecule has 0 aliphatic carbocycles. The number of benzene rings is 1. The molecule has 2 heterocycles. The van der Waals surface area contributed by atoms with E-state index in [0.29, 0.717) is 15.9 Å². The molecule has 0 bridgehead atoms. The normalized spacial score (nSPS) is 11.4. The molecule has 29 heavy (non-hydrogen) atoms. The topological polar surface area (TPSA) is 76.1 Å². The highest BCUT2D eigenvalue weighted by Gasteiger charge is 2.24. The molecule has 2 N–H and O–H groups in total. The molecule has 154 valence electrons. The molecule has 3 aromatic rings. The first-order chi connectivity index (χ1) is 13.6. The zero-order chi connectivity index (χ0) is 21.3. The number of hydrogen-bond acceptors (Lipinski definition) is 7. The highest BCUT2D eigenvalue weighted by atomic mass is 35.5. The van der Waals surface area contributed by atoms with E-state index in [1.165, 1.54) is 22.7 Å². The highest BCUT2D eigenvalue weighted by molar-refractivity contribution is 7.20. The molecule has 0 aliphatic rings. The number of hydrogen-bond donors (Lipinski definition) is 2. The van der Waals surface area contributed by atoms with Crippen LogP contribution < -0.4 is 15.4 Å². The van der Waals surface area contributed by atoms with Crippen LogP contribution in [0.25, 0.3) is 10.6 Å². The Morgan fingerprint density at radius 3 is 2.52 bits per heavy atom. The number of halogens is 1. The van der Waals surface area contributed by atoms with E-state index < -0.39 is 5.41 Å². The van der Waals surface area contributed by atoms with E-state index >= 15 is 0 Å². The number of ether oxygens (including phenoxy) is 1. The molecule has 3 rings (SSSR count). The summed E-state index contributed by atoms with van der Waals surface area (Å²) in [4.78, 5) is 23.5. The Kier molecular flexibility index (Phi) is 6.16. The van der Waals surface area contributed by atoms with Crippen LogP contribution >= 0.6 is 34.3 Å². The van der Waals surface area contributed by atoms with Gasteiger partial charge in [0.15, 0.2) is 10.3 Å². The van der Waals surface area contributed by atoms with Crippen molar-refractivity contribution in [2.45, 2.75) is 34.6 Å². The monoisotopic (exact) mass is 450 g/mol. The number of nitrogens with one attached hydrogen (secondary N) is 2. The Morgan fingerprint density at radius 1 is 1.14 bits per heavy atom. The Balaban J connectivity index is 1.88. The second-order valence-electron chi connectivity index (χ2n) is 7.53. The number of thiazole rings is 2. The number of rotatable bonds is 5. The van der Waals surface area contributed by atoms with Gasteiger partial charge in [0.1, 0.15) is 5.75 Å². The Labute approximate surface area is 183 Å². The van der Waals surface area contributed by atoms with E-state index in [9.17, 15) is 4.79 Å². The number of carbonyl (C=O) groups excluding carboxylic acids is 1. The summed E-state index contributed by atoms with van der Waals surface area (Å²) in [6, 6.07) is 5.39. The SMILES string of the molecule is COc1ccc(Cl)cc1Nc1nc(-c2sc(NC(=O)C(C)(C)C)nc2C)c(C)s1. The van der Waals surface area contributed by atoms with E-state index in [1.807, 2.05) is 40.7 Å². The fourth-order valence-corrected chi connectivity index (χ4v) is 4.59. The highest BCUT2D eigenvalue weighted by Crippen LogP contribution is 2.39. The molecule has 0 unspecified atom stereocenters. The van der Waals surface area contributed by atoms with Gasteiger partial charge in [-0.15, -0.1) is 11.3 Å². The molecule has 0 spiro atoms. The summed E-state index contributed by atoms with van der Waals surface area (Å²) in [6.07, 6.45) is 0. The van der Waals surface area contributed by atoms with Gasteiger partial charge in [0.2, 0.25) is 5.91 Å². The maximum Gasteiger partial charge on any atom is 0.231 e. The van der Waals surface area contributed by atoms with Crippen molar-refractivity contribution in [3.63, 3.8) is 0 Å². The predicted molar refractivity (Wildman–Crippen MR) is 122 cm³/mol. The molecule has 0 saturated carbocycles. The van der Waals surface area contributed by atoms with Crippen molar-refractivity contribution in [1.29, 1.82) is 0 Å². The van der Waals surface area contributed by atoms with Crippen molar-refractivity contribution >= 4 is 56.1 Å². The largest absolute Gasteiger partial charge is 0.495 e. The zero-order valence-corrected chi connectivity index (χ0v) is 19.5. The number of carbonyl (C=O) groups is 1. The molecule has 9 heteroatoms. The molecule has 0 fully saturated rings. The lowest BCUT2D eigenvalue weighted by Gasteiger charge is -2.15. The van der Waals surface area contributed by atoms with Crippen molar-refractivity contribution in [2.24, 2.45) is 5.41 Å². The molecular weight excluding hydrogens is 428 g/mol. The summed E-state index contributed by atoms with van der Waals surface area (Å²) >= 11 is 9.08. The van der Waals surface area contributed by atoms with Gasteiger partial charge in [-0.1, -0.05) is 43.7 Å². The van der Waals surface area contributed by atoms with Gasteiger partial charge in [-0.2, -0.15) is 0 Å². The molecule has 6 nitrogen and oxygen atoms in total. The van der Waals surface area contributed by atoms with E-state index in [1.54, 1.807) is 19.2 Å². The third-order valence-electron chi connectivity index (χ3n) is 4.11. The van der Waals surface area contributed by atoms with Gasteiger partial charge in [-0.05, 0) is 32.0 Å². The third kappa shape index (κ3) is 4.88. The molecular formula is C20H23ClN4O2S2.